The molecule has 0 bridgehead atoms. The van der Waals surface area contributed by atoms with Crippen LogP contribution in [0, 0.1) is 18.3 Å². The second-order valence-electron chi connectivity index (χ2n) is 4.80. The van der Waals surface area contributed by atoms with Crippen molar-refractivity contribution in [1.29, 1.82) is 0 Å². The summed E-state index contributed by atoms with van der Waals surface area (Å²) in [4.78, 5) is 0. The molecular formula is C17H25BrO. The predicted octanol–water partition coefficient (Wildman–Crippen LogP) is 4.89. The predicted molar refractivity (Wildman–Crippen MR) is 88.5 cm³/mol. The Bertz CT molecular complexity index is 327. The average molecular weight is 325 g/mol. The molecule has 19 heavy (non-hydrogen) atoms. The molecule has 3 atom stereocenters. The number of ether oxygens (including phenoxy) is 1. The van der Waals surface area contributed by atoms with Gasteiger partial charge in [-0.1, -0.05) is 47.2 Å². The minimum Gasteiger partial charge on any atom is -0.370 e. The lowest BCUT2D eigenvalue weighted by Crippen LogP contribution is -2.25. The summed E-state index contributed by atoms with van der Waals surface area (Å²) in [5.74, 6) is 3.27. The first-order valence-corrected chi connectivity index (χ1v) is 7.76. The molecule has 0 aromatic heterocycles. The van der Waals surface area contributed by atoms with E-state index in [2.05, 4.69) is 60.7 Å². The maximum atomic E-state index is 5.94. The van der Waals surface area contributed by atoms with Crippen LogP contribution in [0.25, 0.3) is 0 Å². The summed E-state index contributed by atoms with van der Waals surface area (Å²) in [5.41, 5.74) is 1.25. The normalized spacial score (nSPS) is 22.8. The van der Waals surface area contributed by atoms with E-state index in [9.17, 15) is 0 Å². The zero-order valence-electron chi connectivity index (χ0n) is 11.9. The number of rotatable bonds is 6. The van der Waals surface area contributed by atoms with Crippen LogP contribution in [0.4, 0.5) is 0 Å². The van der Waals surface area contributed by atoms with Crippen molar-refractivity contribution in [3.05, 3.63) is 37.5 Å². The Morgan fingerprint density at radius 2 is 2.26 bits per heavy atom. The van der Waals surface area contributed by atoms with Gasteiger partial charge in [-0.25, -0.2) is 0 Å². The van der Waals surface area contributed by atoms with Gasteiger partial charge in [0.1, 0.15) is 0 Å². The Balaban J connectivity index is 0.00000154. The van der Waals surface area contributed by atoms with Crippen molar-refractivity contribution in [2.75, 3.05) is 5.33 Å². The second-order valence-corrected chi connectivity index (χ2v) is 5.36. The van der Waals surface area contributed by atoms with Gasteiger partial charge in [0.2, 0.25) is 0 Å². The van der Waals surface area contributed by atoms with Crippen LogP contribution in [0.5, 0.6) is 0 Å². The Labute approximate surface area is 126 Å². The van der Waals surface area contributed by atoms with Crippen molar-refractivity contribution in [3.63, 3.8) is 0 Å². The standard InChI is InChI=1S/C15H21BrO.C2H4/c1-4-6-14-7-5-8-15(17-14)10-12(2)9-13(3)11-16;1-2/h1,5,7,12,14-15H,3,6,8-11H2,2H3;1-2H2/t12-,14+,15-;/m0./s1. The van der Waals surface area contributed by atoms with Gasteiger partial charge in [-0.3, -0.25) is 0 Å². The van der Waals surface area contributed by atoms with Crippen LogP contribution in [-0.4, -0.2) is 17.5 Å². The summed E-state index contributed by atoms with van der Waals surface area (Å²) in [5, 5.41) is 0.891. The molecule has 0 unspecified atom stereocenters. The zero-order chi connectivity index (χ0) is 14.7. The van der Waals surface area contributed by atoms with Crippen molar-refractivity contribution in [2.45, 2.75) is 44.8 Å². The molecule has 1 rings (SSSR count). The Morgan fingerprint density at radius 1 is 1.58 bits per heavy atom. The maximum Gasteiger partial charge on any atom is 0.0868 e. The van der Waals surface area contributed by atoms with E-state index in [4.69, 9.17) is 11.2 Å². The third-order valence-electron chi connectivity index (χ3n) is 2.93. The summed E-state index contributed by atoms with van der Waals surface area (Å²) in [6.07, 6.45) is 13.8. The van der Waals surface area contributed by atoms with E-state index in [-0.39, 0.29) is 6.10 Å². The van der Waals surface area contributed by atoms with Gasteiger partial charge in [0.25, 0.3) is 0 Å². The lowest BCUT2D eigenvalue weighted by molar-refractivity contribution is -0.00322. The van der Waals surface area contributed by atoms with Crippen molar-refractivity contribution in [1.82, 2.24) is 0 Å². The molecule has 0 fully saturated rings. The molecule has 0 saturated carbocycles. The molecule has 1 aliphatic heterocycles. The molecule has 2 heteroatoms. The highest BCUT2D eigenvalue weighted by molar-refractivity contribution is 9.09. The monoisotopic (exact) mass is 324 g/mol. The van der Waals surface area contributed by atoms with Gasteiger partial charge in [-0.05, 0) is 25.2 Å². The number of hydrogen-bond acceptors (Lipinski definition) is 1. The molecular weight excluding hydrogens is 300 g/mol. The topological polar surface area (TPSA) is 9.23 Å². The molecule has 1 heterocycles. The quantitative estimate of drug-likeness (QED) is 0.384. The van der Waals surface area contributed by atoms with Crippen LogP contribution >= 0.6 is 15.9 Å². The summed E-state index contributed by atoms with van der Waals surface area (Å²) in [6.45, 7) is 12.3. The van der Waals surface area contributed by atoms with Gasteiger partial charge < -0.3 is 4.74 Å². The van der Waals surface area contributed by atoms with E-state index in [1.54, 1.807) is 0 Å². The van der Waals surface area contributed by atoms with Crippen LogP contribution in [0.3, 0.4) is 0 Å². The first-order valence-electron chi connectivity index (χ1n) is 6.64. The van der Waals surface area contributed by atoms with Crippen LogP contribution in [0.15, 0.2) is 37.5 Å². The van der Waals surface area contributed by atoms with Gasteiger partial charge >= 0.3 is 0 Å². The van der Waals surface area contributed by atoms with Gasteiger partial charge in [0, 0.05) is 11.8 Å². The zero-order valence-corrected chi connectivity index (χ0v) is 13.5. The van der Waals surface area contributed by atoms with Crippen molar-refractivity contribution >= 4 is 15.9 Å². The molecule has 0 amide bonds. The summed E-state index contributed by atoms with van der Waals surface area (Å²) in [6, 6.07) is 0. The van der Waals surface area contributed by atoms with E-state index < -0.39 is 0 Å². The van der Waals surface area contributed by atoms with E-state index in [1.807, 2.05) is 0 Å². The number of hydrogen-bond donors (Lipinski definition) is 0. The Kier molecular flexibility index (Phi) is 10.6. The lowest BCUT2D eigenvalue weighted by atomic mass is 9.94. The highest BCUT2D eigenvalue weighted by atomic mass is 79.9. The number of alkyl halides is 1. The summed E-state index contributed by atoms with van der Waals surface area (Å²) >= 11 is 3.43. The largest absolute Gasteiger partial charge is 0.370 e. The van der Waals surface area contributed by atoms with Crippen molar-refractivity contribution < 1.29 is 4.74 Å². The first-order chi connectivity index (χ1) is 9.15. The number of terminal acetylenes is 1. The molecule has 106 valence electrons. The first kappa shape index (κ1) is 18.2. The van der Waals surface area contributed by atoms with E-state index in [0.717, 1.165) is 24.6 Å². The minimum absolute atomic E-state index is 0.116. The average Bonchev–Trinajstić information content (AvgIpc) is 2.41. The van der Waals surface area contributed by atoms with Gasteiger partial charge in [-0.15, -0.1) is 25.5 Å². The molecule has 0 aromatic rings. The van der Waals surface area contributed by atoms with Crippen molar-refractivity contribution in [2.24, 2.45) is 5.92 Å². The fourth-order valence-electron chi connectivity index (χ4n) is 2.19. The highest BCUT2D eigenvalue weighted by Gasteiger charge is 2.19. The van der Waals surface area contributed by atoms with Gasteiger partial charge in [0.15, 0.2) is 0 Å². The lowest BCUT2D eigenvalue weighted by Gasteiger charge is -2.27. The minimum atomic E-state index is 0.116. The fraction of sp³-hybridized carbons (Fsp3) is 0.529. The number of halogens is 1. The maximum absolute atomic E-state index is 5.94. The van der Waals surface area contributed by atoms with E-state index in [1.165, 1.54) is 5.57 Å². The summed E-state index contributed by atoms with van der Waals surface area (Å²) < 4.78 is 5.94. The van der Waals surface area contributed by atoms with Crippen LogP contribution < -0.4 is 0 Å². The highest BCUT2D eigenvalue weighted by Crippen LogP contribution is 2.24. The Morgan fingerprint density at radius 3 is 2.84 bits per heavy atom. The molecule has 0 saturated heterocycles. The Hall–Kier alpha value is -0.780. The molecule has 1 nitrogen and oxygen atoms in total. The van der Waals surface area contributed by atoms with Crippen molar-refractivity contribution in [3.8, 4) is 12.3 Å². The smallest absolute Gasteiger partial charge is 0.0868 e. The SMILES string of the molecule is C#CC[C@@H]1C=CC[C@@H](C[C@@H](C)CC(=C)CBr)O1.C=C. The molecule has 0 aromatic carbocycles. The molecule has 0 N–H and O–H groups in total. The van der Waals surface area contributed by atoms with Crippen LogP contribution in [-0.2, 0) is 4.74 Å². The van der Waals surface area contributed by atoms with Gasteiger partial charge in [0.05, 0.1) is 12.2 Å². The van der Waals surface area contributed by atoms with Gasteiger partial charge in [-0.2, -0.15) is 0 Å². The third-order valence-corrected chi connectivity index (χ3v) is 3.72. The molecule has 0 spiro atoms. The fourth-order valence-corrected chi connectivity index (χ4v) is 2.42. The van der Waals surface area contributed by atoms with E-state index >= 15 is 0 Å². The van der Waals surface area contributed by atoms with Crippen LogP contribution in [0.1, 0.15) is 32.6 Å². The number of allylic oxidation sites excluding steroid dienone is 1. The molecule has 1 aliphatic rings. The molecule has 0 radical (unpaired) electrons. The second kappa shape index (κ2) is 11.1. The summed E-state index contributed by atoms with van der Waals surface area (Å²) in [7, 11) is 0. The third kappa shape index (κ3) is 8.08. The van der Waals surface area contributed by atoms with Crippen LogP contribution in [0.2, 0.25) is 0 Å². The van der Waals surface area contributed by atoms with E-state index in [0.29, 0.717) is 18.4 Å². The molecule has 0 aliphatic carbocycles.